The maximum Gasteiger partial charge on any atom is 0.0606 e. The van der Waals surface area contributed by atoms with Crippen molar-refractivity contribution >= 4 is 22.5 Å². The third kappa shape index (κ3) is 3.69. The molecule has 2 aromatic carbocycles. The number of allylic oxidation sites excluding steroid dienone is 2. The van der Waals surface area contributed by atoms with Crippen molar-refractivity contribution in [2.45, 2.75) is 0 Å². The summed E-state index contributed by atoms with van der Waals surface area (Å²) in [7, 11) is 3.73. The molecule has 1 aliphatic rings. The van der Waals surface area contributed by atoms with E-state index in [9.17, 15) is 10.2 Å². The summed E-state index contributed by atoms with van der Waals surface area (Å²) >= 11 is 0. The Bertz CT molecular complexity index is 799. The van der Waals surface area contributed by atoms with Gasteiger partial charge in [0.1, 0.15) is 0 Å². The van der Waals surface area contributed by atoms with Crippen molar-refractivity contribution in [1.29, 1.82) is 0 Å². The van der Waals surface area contributed by atoms with Crippen LogP contribution in [-0.2, 0) is 0 Å². The molecule has 0 bridgehead atoms. The van der Waals surface area contributed by atoms with E-state index in [-0.39, 0.29) is 35.9 Å². The minimum Gasteiger partial charge on any atom is -0.872 e. The van der Waals surface area contributed by atoms with Crippen molar-refractivity contribution in [2.24, 2.45) is 0 Å². The number of likely N-dealkylation sites (N-methyl/N-ethyl adjacent to an activating group) is 2. The van der Waals surface area contributed by atoms with Crippen LogP contribution in [0.15, 0.2) is 60.0 Å². The predicted molar refractivity (Wildman–Crippen MR) is 107 cm³/mol. The van der Waals surface area contributed by atoms with Gasteiger partial charge in [0.25, 0.3) is 0 Å². The van der Waals surface area contributed by atoms with Gasteiger partial charge >= 0.3 is 0 Å². The molecule has 148 valence electrons. The lowest BCUT2D eigenvalue weighted by Crippen LogP contribution is -2.27. The third-order valence-electron chi connectivity index (χ3n) is 4.97. The third-order valence-corrected chi connectivity index (χ3v) is 4.97. The van der Waals surface area contributed by atoms with Crippen LogP contribution < -0.4 is 20.0 Å². The Morgan fingerprint density at radius 2 is 0.964 bits per heavy atom. The van der Waals surface area contributed by atoms with Gasteiger partial charge < -0.3 is 30.2 Å². The second-order valence-electron chi connectivity index (χ2n) is 6.79. The molecule has 2 aromatic rings. The molecular weight excluding hydrogens is 356 g/mol. The molecule has 0 saturated heterocycles. The highest BCUT2D eigenvalue weighted by Gasteiger charge is 2.19. The van der Waals surface area contributed by atoms with Crippen molar-refractivity contribution in [1.82, 2.24) is 0 Å². The van der Waals surface area contributed by atoms with E-state index >= 15 is 0 Å². The fourth-order valence-corrected chi connectivity index (χ4v) is 3.24. The first-order valence-electron chi connectivity index (χ1n) is 9.16. The molecular formula is C22H24N2O4-2. The molecule has 28 heavy (non-hydrogen) atoms. The zero-order valence-corrected chi connectivity index (χ0v) is 16.1. The Hall–Kier alpha value is -2.96. The lowest BCUT2D eigenvalue weighted by molar-refractivity contribution is -0.316. The van der Waals surface area contributed by atoms with Crippen LogP contribution >= 0.6 is 0 Å². The van der Waals surface area contributed by atoms with Gasteiger partial charge in [0.15, 0.2) is 0 Å². The van der Waals surface area contributed by atoms with E-state index in [0.717, 1.165) is 11.4 Å². The molecule has 0 aliphatic heterocycles. The first-order valence-corrected chi connectivity index (χ1v) is 9.16. The van der Waals surface area contributed by atoms with E-state index in [2.05, 4.69) is 0 Å². The van der Waals surface area contributed by atoms with E-state index in [1.54, 1.807) is 24.3 Å². The molecule has 0 fully saturated rings. The second-order valence-corrected chi connectivity index (χ2v) is 6.79. The summed E-state index contributed by atoms with van der Waals surface area (Å²) < 4.78 is 0. The van der Waals surface area contributed by atoms with E-state index in [1.165, 1.54) is 0 Å². The van der Waals surface area contributed by atoms with Gasteiger partial charge in [-0.25, -0.2) is 0 Å². The topological polar surface area (TPSA) is 93.1 Å². The summed E-state index contributed by atoms with van der Waals surface area (Å²) in [5.74, 6) is -0.476. The average molecular weight is 380 g/mol. The van der Waals surface area contributed by atoms with Crippen molar-refractivity contribution in [3.63, 3.8) is 0 Å². The van der Waals surface area contributed by atoms with Gasteiger partial charge in [0, 0.05) is 38.6 Å². The van der Waals surface area contributed by atoms with Gasteiger partial charge in [-0.15, -0.1) is 0 Å². The largest absolute Gasteiger partial charge is 0.872 e. The monoisotopic (exact) mass is 380 g/mol. The molecule has 2 N–H and O–H groups in total. The maximum absolute atomic E-state index is 12.6. The van der Waals surface area contributed by atoms with Gasteiger partial charge in [-0.3, -0.25) is 0 Å². The van der Waals surface area contributed by atoms with Gasteiger partial charge in [0.2, 0.25) is 0 Å². The minimum absolute atomic E-state index is 0.0551. The maximum atomic E-state index is 12.6. The minimum atomic E-state index is -0.238. The predicted octanol–water partition coefficient (Wildman–Crippen LogP) is 0.400. The van der Waals surface area contributed by atoms with E-state index < -0.39 is 0 Å². The normalized spacial score (nSPS) is 13.6. The number of nitrogens with zero attached hydrogens (tertiary/aromatic N) is 2. The fourth-order valence-electron chi connectivity index (χ4n) is 3.24. The van der Waals surface area contributed by atoms with Crippen LogP contribution in [0.2, 0.25) is 0 Å². The van der Waals surface area contributed by atoms with Crippen LogP contribution in [0.5, 0.6) is 0 Å². The summed E-state index contributed by atoms with van der Waals surface area (Å²) in [5.41, 5.74) is 3.47. The number of aliphatic hydroxyl groups excluding tert-OH is 2. The molecule has 6 heteroatoms. The van der Waals surface area contributed by atoms with Crippen molar-refractivity contribution < 1.29 is 20.4 Å². The first kappa shape index (κ1) is 19.8. The van der Waals surface area contributed by atoms with Crippen molar-refractivity contribution in [3.8, 4) is 0 Å². The molecule has 1 aliphatic carbocycles. The number of rotatable bonds is 8. The number of aliphatic hydroxyl groups is 2. The summed E-state index contributed by atoms with van der Waals surface area (Å²) in [6, 6.07) is 14.4. The van der Waals surface area contributed by atoms with Gasteiger partial charge in [-0.2, -0.15) is 0 Å². The van der Waals surface area contributed by atoms with Crippen LogP contribution in [0.1, 0.15) is 11.1 Å². The zero-order chi connectivity index (χ0) is 20.3. The van der Waals surface area contributed by atoms with E-state index in [1.807, 2.05) is 48.2 Å². The molecule has 0 atom stereocenters. The molecule has 6 nitrogen and oxygen atoms in total. The standard InChI is InChI=1S/C22H26N2O4/c1-23(11-13-25)17-7-3-15(4-8-17)19-21(27)20(22(19)28)16-5-9-18(10-6-16)24(2)12-14-26/h3-10,25-28H,11-14H2,1-2H3/p-2. The van der Waals surface area contributed by atoms with Crippen LogP contribution in [0, 0.1) is 0 Å². The average Bonchev–Trinajstić information content (AvgIpc) is 2.69. The second kappa shape index (κ2) is 8.37. The quantitative estimate of drug-likeness (QED) is 0.689. The van der Waals surface area contributed by atoms with E-state index in [0.29, 0.717) is 24.2 Å². The molecule has 0 aromatic heterocycles. The molecule has 0 amide bonds. The molecule has 0 unspecified atom stereocenters. The highest BCUT2D eigenvalue weighted by atomic mass is 16.3. The number of hydrogen-bond acceptors (Lipinski definition) is 6. The van der Waals surface area contributed by atoms with Crippen LogP contribution in [0.4, 0.5) is 11.4 Å². The van der Waals surface area contributed by atoms with Crippen molar-refractivity contribution in [3.05, 3.63) is 71.2 Å². The summed E-state index contributed by atoms with van der Waals surface area (Å²) in [4.78, 5) is 3.79. The smallest absolute Gasteiger partial charge is 0.0606 e. The fraction of sp³-hybridized carbons (Fsp3) is 0.273. The van der Waals surface area contributed by atoms with Crippen LogP contribution in [-0.4, -0.2) is 50.6 Å². The van der Waals surface area contributed by atoms with Crippen LogP contribution in [0.3, 0.4) is 0 Å². The Balaban J connectivity index is 1.78. The number of benzene rings is 2. The highest BCUT2D eigenvalue weighted by Crippen LogP contribution is 2.42. The summed E-state index contributed by atoms with van der Waals surface area (Å²) in [6.45, 7) is 1.13. The molecule has 0 heterocycles. The van der Waals surface area contributed by atoms with Crippen LogP contribution in [0.25, 0.3) is 11.1 Å². The van der Waals surface area contributed by atoms with Gasteiger partial charge in [0.05, 0.1) is 13.2 Å². The van der Waals surface area contributed by atoms with Gasteiger partial charge in [-0.1, -0.05) is 35.8 Å². The summed E-state index contributed by atoms with van der Waals surface area (Å²) in [6.07, 6.45) is 0. The van der Waals surface area contributed by atoms with E-state index in [4.69, 9.17) is 10.2 Å². The summed E-state index contributed by atoms with van der Waals surface area (Å²) in [5, 5.41) is 43.3. The van der Waals surface area contributed by atoms with Gasteiger partial charge in [-0.05, 0) is 46.5 Å². The number of hydrogen-bond donors (Lipinski definition) is 2. The lowest BCUT2D eigenvalue weighted by Gasteiger charge is -2.40. The Labute approximate surface area is 164 Å². The highest BCUT2D eigenvalue weighted by molar-refractivity contribution is 6.05. The SMILES string of the molecule is CN(CCO)c1ccc(C2=C([O-])C(c3ccc(N(C)CCO)cc3)=C2[O-])cc1. The first-order chi connectivity index (χ1) is 13.5. The molecule has 0 spiro atoms. The Kier molecular flexibility index (Phi) is 5.92. The Morgan fingerprint density at radius 1 is 0.643 bits per heavy atom. The lowest BCUT2D eigenvalue weighted by atomic mass is 9.84. The molecule has 0 radical (unpaired) electrons. The number of anilines is 2. The molecule has 3 rings (SSSR count). The Morgan fingerprint density at radius 3 is 1.25 bits per heavy atom. The molecule has 0 saturated carbocycles. The van der Waals surface area contributed by atoms with Crippen molar-refractivity contribution in [2.75, 3.05) is 50.2 Å². The zero-order valence-electron chi connectivity index (χ0n) is 16.1.